The number of aryl methyl sites for hydroxylation is 2. The van der Waals surface area contributed by atoms with Crippen LogP contribution in [-0.4, -0.2) is 6.04 Å². The molecule has 1 heterocycles. The van der Waals surface area contributed by atoms with Crippen LogP contribution in [0.25, 0.3) is 0 Å². The van der Waals surface area contributed by atoms with Gasteiger partial charge in [0.25, 0.3) is 0 Å². The summed E-state index contributed by atoms with van der Waals surface area (Å²) in [6.07, 6.45) is 0.828. The van der Waals surface area contributed by atoms with Crippen LogP contribution in [-0.2, 0) is 6.42 Å². The smallest absolute Gasteiger partial charge is 0.105 e. The summed E-state index contributed by atoms with van der Waals surface area (Å²) in [4.78, 5) is 0. The minimum Gasteiger partial charge on any atom is -0.466 e. The van der Waals surface area contributed by atoms with Crippen LogP contribution >= 0.6 is 0 Å². The summed E-state index contributed by atoms with van der Waals surface area (Å²) < 4.78 is 5.45. The largest absolute Gasteiger partial charge is 0.466 e. The molecule has 2 nitrogen and oxygen atoms in total. The van der Waals surface area contributed by atoms with E-state index in [1.54, 1.807) is 0 Å². The van der Waals surface area contributed by atoms with Crippen LogP contribution in [0.2, 0.25) is 0 Å². The van der Waals surface area contributed by atoms with E-state index in [2.05, 4.69) is 6.07 Å². The van der Waals surface area contributed by atoms with Gasteiger partial charge in [-0.3, -0.25) is 0 Å². The van der Waals surface area contributed by atoms with Gasteiger partial charge in [0, 0.05) is 12.5 Å². The molecule has 1 aromatic heterocycles. The number of hydrogen-bond donors (Lipinski definition) is 1. The predicted molar refractivity (Wildman–Crippen MR) is 45.5 cm³/mol. The highest BCUT2D eigenvalue weighted by molar-refractivity contribution is 5.19. The molecule has 0 amide bonds. The SMILES string of the molecule is Cc1cc(CC(C)N)oc1C. The van der Waals surface area contributed by atoms with Gasteiger partial charge in [-0.2, -0.15) is 0 Å². The molecule has 0 aliphatic carbocycles. The molecule has 0 saturated carbocycles. The van der Waals surface area contributed by atoms with Crippen molar-refractivity contribution in [2.24, 2.45) is 5.73 Å². The lowest BCUT2D eigenvalue weighted by Crippen LogP contribution is -2.17. The lowest BCUT2D eigenvalue weighted by atomic mass is 10.2. The molecule has 0 radical (unpaired) electrons. The third-order valence-electron chi connectivity index (χ3n) is 1.74. The van der Waals surface area contributed by atoms with Gasteiger partial charge in [0.15, 0.2) is 0 Å². The van der Waals surface area contributed by atoms with Gasteiger partial charge >= 0.3 is 0 Å². The van der Waals surface area contributed by atoms with Crippen molar-refractivity contribution in [2.75, 3.05) is 0 Å². The van der Waals surface area contributed by atoms with E-state index in [4.69, 9.17) is 10.2 Å². The van der Waals surface area contributed by atoms with Crippen molar-refractivity contribution in [3.8, 4) is 0 Å². The molecule has 1 aromatic rings. The highest BCUT2D eigenvalue weighted by Gasteiger charge is 2.04. The standard InChI is InChI=1S/C9H15NO/c1-6-4-9(5-7(2)10)11-8(6)3/h4,7H,5,10H2,1-3H3. The second-order valence-electron chi connectivity index (χ2n) is 3.13. The molecule has 0 spiro atoms. The molecule has 62 valence electrons. The zero-order valence-corrected chi connectivity index (χ0v) is 7.35. The van der Waals surface area contributed by atoms with Gasteiger partial charge in [0.1, 0.15) is 11.5 Å². The number of hydrogen-bond acceptors (Lipinski definition) is 2. The molecule has 0 aromatic carbocycles. The van der Waals surface area contributed by atoms with Crippen molar-refractivity contribution in [3.05, 3.63) is 23.2 Å². The van der Waals surface area contributed by atoms with Gasteiger partial charge in [0.2, 0.25) is 0 Å². The minimum atomic E-state index is 0.181. The quantitative estimate of drug-likeness (QED) is 0.703. The molecule has 1 rings (SSSR count). The monoisotopic (exact) mass is 153 g/mol. The van der Waals surface area contributed by atoms with E-state index in [-0.39, 0.29) is 6.04 Å². The van der Waals surface area contributed by atoms with E-state index >= 15 is 0 Å². The number of rotatable bonds is 2. The van der Waals surface area contributed by atoms with Crippen LogP contribution in [0.15, 0.2) is 10.5 Å². The van der Waals surface area contributed by atoms with Gasteiger partial charge < -0.3 is 10.2 Å². The normalized spacial score (nSPS) is 13.5. The average molecular weight is 153 g/mol. The molecule has 2 heteroatoms. The van der Waals surface area contributed by atoms with Crippen molar-refractivity contribution in [1.82, 2.24) is 0 Å². The van der Waals surface area contributed by atoms with Crippen molar-refractivity contribution < 1.29 is 4.42 Å². The number of furan rings is 1. The zero-order valence-electron chi connectivity index (χ0n) is 7.35. The number of nitrogens with two attached hydrogens (primary N) is 1. The molecule has 2 N–H and O–H groups in total. The maximum absolute atomic E-state index is 5.62. The van der Waals surface area contributed by atoms with Crippen molar-refractivity contribution in [1.29, 1.82) is 0 Å². The lowest BCUT2D eigenvalue weighted by molar-refractivity contribution is 0.468. The van der Waals surface area contributed by atoms with E-state index in [0.29, 0.717) is 0 Å². The summed E-state index contributed by atoms with van der Waals surface area (Å²) in [5, 5.41) is 0. The maximum Gasteiger partial charge on any atom is 0.105 e. The second kappa shape index (κ2) is 3.09. The first kappa shape index (κ1) is 8.34. The molecule has 0 aliphatic heterocycles. The topological polar surface area (TPSA) is 39.2 Å². The van der Waals surface area contributed by atoms with E-state index in [1.165, 1.54) is 5.56 Å². The van der Waals surface area contributed by atoms with Crippen molar-refractivity contribution >= 4 is 0 Å². The Labute approximate surface area is 67.4 Å². The Morgan fingerprint density at radius 3 is 2.55 bits per heavy atom. The molecule has 0 fully saturated rings. The fourth-order valence-corrected chi connectivity index (χ4v) is 1.07. The van der Waals surface area contributed by atoms with E-state index in [0.717, 1.165) is 17.9 Å². The first-order valence-corrected chi connectivity index (χ1v) is 3.91. The Morgan fingerprint density at radius 2 is 2.18 bits per heavy atom. The van der Waals surface area contributed by atoms with Crippen LogP contribution in [0.4, 0.5) is 0 Å². The van der Waals surface area contributed by atoms with Crippen LogP contribution in [0.1, 0.15) is 24.0 Å². The van der Waals surface area contributed by atoms with Crippen molar-refractivity contribution in [2.45, 2.75) is 33.2 Å². The third-order valence-corrected chi connectivity index (χ3v) is 1.74. The van der Waals surface area contributed by atoms with E-state index in [9.17, 15) is 0 Å². The lowest BCUT2D eigenvalue weighted by Gasteiger charge is -1.99. The molecular weight excluding hydrogens is 138 g/mol. The highest BCUT2D eigenvalue weighted by Crippen LogP contribution is 2.13. The zero-order chi connectivity index (χ0) is 8.43. The van der Waals surface area contributed by atoms with Crippen LogP contribution in [0.5, 0.6) is 0 Å². The minimum absolute atomic E-state index is 0.181. The fraction of sp³-hybridized carbons (Fsp3) is 0.556. The van der Waals surface area contributed by atoms with Crippen LogP contribution in [0.3, 0.4) is 0 Å². The van der Waals surface area contributed by atoms with Gasteiger partial charge in [-0.05, 0) is 32.4 Å². The first-order valence-electron chi connectivity index (χ1n) is 3.91. The molecule has 1 atom stereocenters. The summed E-state index contributed by atoms with van der Waals surface area (Å²) in [5.74, 6) is 2.00. The first-order chi connectivity index (χ1) is 5.09. The summed E-state index contributed by atoms with van der Waals surface area (Å²) in [6.45, 7) is 6.00. The van der Waals surface area contributed by atoms with Crippen LogP contribution < -0.4 is 5.73 Å². The maximum atomic E-state index is 5.62. The fourth-order valence-electron chi connectivity index (χ4n) is 1.07. The summed E-state index contributed by atoms with van der Waals surface area (Å²) in [6, 6.07) is 2.23. The summed E-state index contributed by atoms with van der Waals surface area (Å²) >= 11 is 0. The molecule has 0 aliphatic rings. The van der Waals surface area contributed by atoms with Gasteiger partial charge in [0.05, 0.1) is 0 Å². The summed E-state index contributed by atoms with van der Waals surface area (Å²) in [5.41, 5.74) is 6.83. The predicted octanol–water partition coefficient (Wildman–Crippen LogP) is 1.79. The van der Waals surface area contributed by atoms with E-state index in [1.807, 2.05) is 20.8 Å². The second-order valence-corrected chi connectivity index (χ2v) is 3.13. The Kier molecular flexibility index (Phi) is 2.35. The Bertz CT molecular complexity index is 218. The molecule has 1 unspecified atom stereocenters. The summed E-state index contributed by atoms with van der Waals surface area (Å²) in [7, 11) is 0. The molecule has 11 heavy (non-hydrogen) atoms. The van der Waals surface area contributed by atoms with E-state index < -0.39 is 0 Å². The van der Waals surface area contributed by atoms with Crippen molar-refractivity contribution in [3.63, 3.8) is 0 Å². The average Bonchev–Trinajstić information content (AvgIpc) is 2.10. The van der Waals surface area contributed by atoms with Gasteiger partial charge in [-0.15, -0.1) is 0 Å². The van der Waals surface area contributed by atoms with Gasteiger partial charge in [-0.1, -0.05) is 0 Å². The Hall–Kier alpha value is -0.760. The highest BCUT2D eigenvalue weighted by atomic mass is 16.3. The van der Waals surface area contributed by atoms with Crippen LogP contribution in [0, 0.1) is 13.8 Å². The molecule has 0 bridgehead atoms. The molecular formula is C9H15NO. The van der Waals surface area contributed by atoms with Gasteiger partial charge in [-0.25, -0.2) is 0 Å². The third kappa shape index (κ3) is 2.09. The molecule has 0 saturated heterocycles. The Morgan fingerprint density at radius 1 is 1.55 bits per heavy atom. The Balaban J connectivity index is 2.73.